The van der Waals surface area contributed by atoms with Gasteiger partial charge in [-0.1, -0.05) is 5.04 Å². The Bertz CT molecular complexity index is 3.61. The summed E-state index contributed by atoms with van der Waals surface area (Å²) in [5, 5.41) is 15.5. The van der Waals surface area contributed by atoms with Crippen molar-refractivity contribution in [3.63, 3.8) is 0 Å². The molecule has 0 saturated carbocycles. The summed E-state index contributed by atoms with van der Waals surface area (Å²) in [6, 6.07) is 0. The van der Waals surface area contributed by atoms with Crippen LogP contribution in [0, 0.1) is 37.7 Å². The molecule has 0 aliphatic carbocycles. The number of rotatable bonds is 0. The summed E-state index contributed by atoms with van der Waals surface area (Å²) in [4.78, 5) is 0. The second-order valence-corrected chi connectivity index (χ2v) is 0.0816. The predicted octanol–water partition coefficient (Wildman–Crippen LogP) is -0.876. The first-order valence-corrected chi connectivity index (χ1v) is 0.365. The molecule has 4 nitrogen and oxygen atoms in total. The first-order valence-electron chi connectivity index (χ1n) is 0.365. The monoisotopic (exact) mass is 108 g/mol. The average Bonchev–Trinajstić information content (AvgIpc) is 0.918. The van der Waals surface area contributed by atoms with Crippen LogP contribution in [0.4, 0.5) is 0 Å². The molecule has 5 heteroatoms. The van der Waals surface area contributed by atoms with E-state index in [0.29, 0.717) is 0 Å². The van der Waals surface area contributed by atoms with E-state index in [-0.39, 0.29) is 43.2 Å². The van der Waals surface area contributed by atoms with Crippen molar-refractivity contribution in [2.45, 2.75) is 0 Å². The van der Waals surface area contributed by atoms with Crippen LogP contribution >= 0.6 is 0 Å². The quantitative estimate of drug-likeness (QED) is 0.312. The van der Waals surface area contributed by atoms with E-state index in [4.69, 9.17) is 10.5 Å². The molecule has 0 fully saturated rings. The average molecular weight is 108 g/mol. The van der Waals surface area contributed by atoms with E-state index < -0.39 is 0 Å². The van der Waals surface area contributed by atoms with Crippen molar-refractivity contribution >= 4 is 0 Å². The molecule has 0 bridgehead atoms. The summed E-state index contributed by atoms with van der Waals surface area (Å²) < 4.78 is 0. The zero-order chi connectivity index (χ0) is 2.71. The summed E-state index contributed by atoms with van der Waals surface area (Å²) in [6.07, 6.45) is 0. The summed E-state index contributed by atoms with van der Waals surface area (Å²) in [5.74, 6) is 0. The van der Waals surface area contributed by atoms with Crippen molar-refractivity contribution in [1.29, 1.82) is 0 Å². The van der Waals surface area contributed by atoms with E-state index in [1.165, 1.54) is 0 Å². The molecule has 0 spiro atoms. The fourth-order valence-corrected chi connectivity index (χ4v) is 0. The van der Waals surface area contributed by atoms with Crippen molar-refractivity contribution in [2.24, 2.45) is 0 Å². The largest absolute Gasteiger partial charge is 0.412 e. The van der Waals surface area contributed by atoms with Gasteiger partial charge in [0.05, 0.1) is 0 Å². The predicted molar refractivity (Wildman–Crippen MR) is 9.96 cm³/mol. The minimum absolute atomic E-state index is 0. The van der Waals surface area contributed by atoms with Crippen LogP contribution in [0.2, 0.25) is 0 Å². The molecule has 0 saturated heterocycles. The molecule has 0 aromatic heterocycles. The summed E-state index contributed by atoms with van der Waals surface area (Å²) in [6.45, 7) is 0. The molecule has 0 aliphatic heterocycles. The van der Waals surface area contributed by atoms with Gasteiger partial charge < -0.3 is 5.48 Å². The van der Waals surface area contributed by atoms with Gasteiger partial charge >= 0.3 is 0 Å². The Balaban J connectivity index is -0.0000000200. The van der Waals surface area contributed by atoms with Crippen LogP contribution in [0.15, 0.2) is 0 Å². The number of hydrogen-bond acceptors (Lipinski definition) is 3. The normalized spacial score (nSPS) is 3.60. The van der Waals surface area contributed by atoms with Gasteiger partial charge in [0.15, 0.2) is 0 Å². The van der Waals surface area contributed by atoms with E-state index >= 15 is 0 Å². The first-order chi connectivity index (χ1) is 1.41. The van der Waals surface area contributed by atoms with Crippen LogP contribution in [0.25, 0.3) is 0 Å². The Morgan fingerprint density at radius 3 is 1.20 bits per heavy atom. The maximum atomic E-state index is 6.62. The molecule has 0 radical (unpaired) electrons. The Kier molecular flexibility index (Phi) is 64.2. The second-order valence-electron chi connectivity index (χ2n) is 0.0816. The molecule has 0 atom stereocenters. The van der Waals surface area contributed by atoms with Crippen LogP contribution in [0.5, 0.6) is 0 Å². The smallest absolute Gasteiger partial charge is 0 e. The zero-order valence-corrected chi connectivity index (χ0v) is 2.86. The molecule has 36 valence electrons. The topological polar surface area (TPSA) is 81.2 Å². The van der Waals surface area contributed by atoms with E-state index in [0.717, 1.165) is 0 Å². The summed E-state index contributed by atoms with van der Waals surface area (Å²) in [5.41, 5.74) is 0. The zero-order valence-electron chi connectivity index (χ0n) is 2.16. The Labute approximate surface area is 58.5 Å². The van der Waals surface area contributed by atoms with E-state index in [9.17, 15) is 0 Å². The fourth-order valence-electron chi connectivity index (χ4n) is 0. The van der Waals surface area contributed by atoms with E-state index in [1.807, 2.05) is 0 Å². The third kappa shape index (κ3) is 40.5. The van der Waals surface area contributed by atoms with Gasteiger partial charge in [0.2, 0.25) is 0 Å². The maximum absolute atomic E-state index is 6.62. The molecule has 0 aliphatic rings. The van der Waals surface area contributed by atoms with Crippen molar-refractivity contribution < 1.29 is 58.8 Å². The van der Waals surface area contributed by atoms with Gasteiger partial charge in [-0.3, -0.25) is 0 Å². The summed E-state index contributed by atoms with van der Waals surface area (Å²) in [7, 11) is 0. The second kappa shape index (κ2) is 19.4. The molecule has 0 rings (SSSR count). The van der Waals surface area contributed by atoms with Gasteiger partial charge in [-0.15, -0.1) is 0 Å². The fraction of sp³-hybridized carbons (Fsp3) is 0. The SMILES string of the molecule is O.OOO.[Ar]. The van der Waals surface area contributed by atoms with Crippen LogP contribution in [-0.4, -0.2) is 16.0 Å². The Hall–Kier alpha value is 1.10. The summed E-state index contributed by atoms with van der Waals surface area (Å²) >= 11 is 0. The molecular formula is H4ArO4. The molecule has 5 heavy (non-hydrogen) atoms. The molecule has 0 aromatic carbocycles. The van der Waals surface area contributed by atoms with Crippen molar-refractivity contribution in [3.05, 3.63) is 0 Å². The van der Waals surface area contributed by atoms with Crippen LogP contribution in [-0.2, 0) is 5.04 Å². The third-order valence-electron chi connectivity index (χ3n) is 0. The minimum Gasteiger partial charge on any atom is -0.412 e. The number of hydrogen-bond donors (Lipinski definition) is 2. The minimum atomic E-state index is 0. The van der Waals surface area contributed by atoms with Gasteiger partial charge in [-0.2, -0.15) is 0 Å². The van der Waals surface area contributed by atoms with Crippen molar-refractivity contribution in [1.82, 2.24) is 0 Å². The van der Waals surface area contributed by atoms with Crippen LogP contribution in [0.1, 0.15) is 0 Å². The maximum Gasteiger partial charge on any atom is 0 e. The van der Waals surface area contributed by atoms with Crippen LogP contribution in [0.3, 0.4) is 0 Å². The molecular weight excluding hydrogens is 104 g/mol. The molecule has 0 heterocycles. The van der Waals surface area contributed by atoms with Gasteiger partial charge in [0, 0.05) is 37.7 Å². The van der Waals surface area contributed by atoms with Crippen molar-refractivity contribution in [3.8, 4) is 0 Å². The van der Waals surface area contributed by atoms with Gasteiger partial charge in [0.1, 0.15) is 0 Å². The molecule has 0 unspecified atom stereocenters. The van der Waals surface area contributed by atoms with Gasteiger partial charge in [-0.05, 0) is 0 Å². The third-order valence-corrected chi connectivity index (χ3v) is 0. The Morgan fingerprint density at radius 2 is 1.20 bits per heavy atom. The standard InChI is InChI=1S/Ar.H2O3.H2O/c;1-3-2;/h;1-2H;1H2. The Morgan fingerprint density at radius 1 is 1.20 bits per heavy atom. The molecule has 0 amide bonds. The van der Waals surface area contributed by atoms with Gasteiger partial charge in [0.25, 0.3) is 0 Å². The molecule has 4 N–H and O–H groups in total. The molecule has 0 aromatic rings. The van der Waals surface area contributed by atoms with Crippen LogP contribution < -0.4 is 0 Å². The van der Waals surface area contributed by atoms with Gasteiger partial charge in [-0.25, -0.2) is 10.5 Å². The van der Waals surface area contributed by atoms with E-state index in [1.54, 1.807) is 0 Å². The van der Waals surface area contributed by atoms with Crippen molar-refractivity contribution in [2.75, 3.05) is 0 Å². The van der Waals surface area contributed by atoms with E-state index in [2.05, 4.69) is 5.04 Å². The first kappa shape index (κ1) is 16.5.